The monoisotopic (exact) mass is 310 g/mol. The fourth-order valence-electron chi connectivity index (χ4n) is 1.91. The number of benzene rings is 2. The van der Waals surface area contributed by atoms with Gasteiger partial charge in [0, 0.05) is 11.1 Å². The second-order valence-corrected chi connectivity index (χ2v) is 4.85. The summed E-state index contributed by atoms with van der Waals surface area (Å²) in [6.45, 7) is 0.499. The topological polar surface area (TPSA) is 18.5 Å². The van der Waals surface area contributed by atoms with Gasteiger partial charge in [0.15, 0.2) is 0 Å². The molecule has 0 atom stereocenters. The zero-order chi connectivity index (χ0) is 14.4. The Morgan fingerprint density at radius 2 is 1.50 bits per heavy atom. The second kappa shape index (κ2) is 7.41. The maximum Gasteiger partial charge on any atom is 0.124 e. The van der Waals surface area contributed by atoms with Crippen molar-refractivity contribution < 1.29 is 9.47 Å². The van der Waals surface area contributed by atoms with Crippen LogP contribution in [0, 0.1) is 0 Å². The summed E-state index contributed by atoms with van der Waals surface area (Å²) in [6, 6.07) is 13.8. The molecule has 20 heavy (non-hydrogen) atoms. The Labute approximate surface area is 129 Å². The van der Waals surface area contributed by atoms with Gasteiger partial charge in [0.2, 0.25) is 0 Å². The summed E-state index contributed by atoms with van der Waals surface area (Å²) in [6.07, 6.45) is 0. The molecule has 0 N–H and O–H groups in total. The van der Waals surface area contributed by atoms with Crippen molar-refractivity contribution in [1.29, 1.82) is 0 Å². The standard InChI is InChI=1S/C16H16Cl2O2/c1-19-15-7-14(10-18)16(8-13(15)9-17)20-11-12-5-3-2-4-6-12/h2-8H,9-11H2,1H3. The lowest BCUT2D eigenvalue weighted by atomic mass is 10.1. The minimum atomic E-state index is 0.364. The number of halogens is 2. The summed E-state index contributed by atoms with van der Waals surface area (Å²) in [5.41, 5.74) is 2.90. The number of alkyl halides is 2. The van der Waals surface area contributed by atoms with Crippen molar-refractivity contribution in [3.05, 3.63) is 59.2 Å². The molecule has 2 rings (SSSR count). The van der Waals surface area contributed by atoms with E-state index in [-0.39, 0.29) is 0 Å². The van der Waals surface area contributed by atoms with Crippen LogP contribution in [0.15, 0.2) is 42.5 Å². The fraction of sp³-hybridized carbons (Fsp3) is 0.250. The van der Waals surface area contributed by atoms with Gasteiger partial charge in [0.1, 0.15) is 18.1 Å². The molecule has 2 nitrogen and oxygen atoms in total. The molecule has 0 saturated carbocycles. The van der Waals surface area contributed by atoms with Crippen molar-refractivity contribution >= 4 is 23.2 Å². The number of methoxy groups -OCH3 is 1. The molecule has 0 aliphatic heterocycles. The van der Waals surface area contributed by atoms with E-state index in [2.05, 4.69) is 0 Å². The van der Waals surface area contributed by atoms with Crippen LogP contribution in [0.1, 0.15) is 16.7 Å². The van der Waals surface area contributed by atoms with Crippen molar-refractivity contribution in [3.8, 4) is 11.5 Å². The first-order valence-electron chi connectivity index (χ1n) is 6.27. The molecule has 2 aromatic rings. The molecule has 0 fully saturated rings. The van der Waals surface area contributed by atoms with Gasteiger partial charge >= 0.3 is 0 Å². The van der Waals surface area contributed by atoms with Gasteiger partial charge in [-0.25, -0.2) is 0 Å². The van der Waals surface area contributed by atoms with Gasteiger partial charge in [-0.15, -0.1) is 23.2 Å². The molecule has 0 unspecified atom stereocenters. The van der Waals surface area contributed by atoms with Crippen molar-refractivity contribution in [2.75, 3.05) is 7.11 Å². The fourth-order valence-corrected chi connectivity index (χ4v) is 2.33. The average Bonchev–Trinajstić information content (AvgIpc) is 2.52. The molecule has 0 aliphatic rings. The smallest absolute Gasteiger partial charge is 0.124 e. The summed E-state index contributed by atoms with van der Waals surface area (Å²) in [4.78, 5) is 0. The Kier molecular flexibility index (Phi) is 5.57. The van der Waals surface area contributed by atoms with E-state index in [0.717, 1.165) is 28.2 Å². The predicted octanol–water partition coefficient (Wildman–Crippen LogP) is 4.75. The third-order valence-electron chi connectivity index (χ3n) is 2.99. The van der Waals surface area contributed by atoms with E-state index < -0.39 is 0 Å². The molecule has 0 heterocycles. The Hall–Kier alpha value is -1.38. The normalized spacial score (nSPS) is 10.3. The molecule has 2 aromatic carbocycles. The van der Waals surface area contributed by atoms with E-state index in [4.69, 9.17) is 32.7 Å². The summed E-state index contributed by atoms with van der Waals surface area (Å²) in [5, 5.41) is 0. The van der Waals surface area contributed by atoms with E-state index in [1.807, 2.05) is 42.5 Å². The zero-order valence-corrected chi connectivity index (χ0v) is 12.7. The van der Waals surface area contributed by atoms with Gasteiger partial charge in [0.05, 0.1) is 18.9 Å². The van der Waals surface area contributed by atoms with Crippen LogP contribution in [0.25, 0.3) is 0 Å². The number of hydrogen-bond acceptors (Lipinski definition) is 2. The lowest BCUT2D eigenvalue weighted by molar-refractivity contribution is 0.302. The first kappa shape index (κ1) is 15.0. The highest BCUT2D eigenvalue weighted by molar-refractivity contribution is 6.18. The average molecular weight is 311 g/mol. The Morgan fingerprint density at radius 3 is 2.10 bits per heavy atom. The van der Waals surface area contributed by atoms with Gasteiger partial charge in [-0.1, -0.05) is 30.3 Å². The van der Waals surface area contributed by atoms with E-state index >= 15 is 0 Å². The molecule has 4 heteroatoms. The van der Waals surface area contributed by atoms with Crippen molar-refractivity contribution in [2.24, 2.45) is 0 Å². The summed E-state index contributed by atoms with van der Waals surface area (Å²) in [7, 11) is 1.62. The van der Waals surface area contributed by atoms with Crippen LogP contribution in [0.3, 0.4) is 0 Å². The number of hydrogen-bond donors (Lipinski definition) is 0. The van der Waals surface area contributed by atoms with Crippen molar-refractivity contribution in [3.63, 3.8) is 0 Å². The summed E-state index contributed by atoms with van der Waals surface area (Å²) < 4.78 is 11.2. The van der Waals surface area contributed by atoms with Gasteiger partial charge < -0.3 is 9.47 Å². The highest BCUT2D eigenvalue weighted by Gasteiger charge is 2.10. The molecule has 0 aromatic heterocycles. The van der Waals surface area contributed by atoms with Crippen LogP contribution in [0.5, 0.6) is 11.5 Å². The maximum atomic E-state index is 5.97. The molecular weight excluding hydrogens is 295 g/mol. The minimum Gasteiger partial charge on any atom is -0.496 e. The van der Waals surface area contributed by atoms with Crippen LogP contribution in [0.4, 0.5) is 0 Å². The molecule has 0 aliphatic carbocycles. The van der Waals surface area contributed by atoms with Crippen LogP contribution in [-0.4, -0.2) is 7.11 Å². The highest BCUT2D eigenvalue weighted by atomic mass is 35.5. The quantitative estimate of drug-likeness (QED) is 0.717. The molecule has 0 bridgehead atoms. The van der Waals surface area contributed by atoms with E-state index in [1.165, 1.54) is 0 Å². The third kappa shape index (κ3) is 3.59. The van der Waals surface area contributed by atoms with E-state index in [0.29, 0.717) is 18.4 Å². The molecule has 0 saturated heterocycles. The first-order chi connectivity index (χ1) is 9.78. The third-order valence-corrected chi connectivity index (χ3v) is 3.56. The molecule has 0 amide bonds. The summed E-state index contributed by atoms with van der Waals surface area (Å²) in [5.74, 6) is 2.22. The van der Waals surface area contributed by atoms with Crippen LogP contribution in [0.2, 0.25) is 0 Å². The molecular formula is C16H16Cl2O2. The van der Waals surface area contributed by atoms with Crippen LogP contribution < -0.4 is 9.47 Å². The Morgan fingerprint density at radius 1 is 0.900 bits per heavy atom. The van der Waals surface area contributed by atoms with Gasteiger partial charge in [-0.3, -0.25) is 0 Å². The van der Waals surface area contributed by atoms with E-state index in [9.17, 15) is 0 Å². The Balaban J connectivity index is 2.21. The lowest BCUT2D eigenvalue weighted by Gasteiger charge is -2.14. The van der Waals surface area contributed by atoms with Crippen LogP contribution in [-0.2, 0) is 18.4 Å². The Bertz CT molecular complexity index is 556. The van der Waals surface area contributed by atoms with Gasteiger partial charge in [0.25, 0.3) is 0 Å². The number of rotatable bonds is 6. The molecule has 0 radical (unpaired) electrons. The summed E-state index contributed by atoms with van der Waals surface area (Å²) >= 11 is 11.9. The molecule has 106 valence electrons. The van der Waals surface area contributed by atoms with Crippen molar-refractivity contribution in [1.82, 2.24) is 0 Å². The molecule has 0 spiro atoms. The predicted molar refractivity (Wildman–Crippen MR) is 82.9 cm³/mol. The maximum absolute atomic E-state index is 5.97. The SMILES string of the molecule is COc1cc(CCl)c(OCc2ccccc2)cc1CCl. The van der Waals surface area contributed by atoms with E-state index in [1.54, 1.807) is 7.11 Å². The lowest BCUT2D eigenvalue weighted by Crippen LogP contribution is -2.00. The highest BCUT2D eigenvalue weighted by Crippen LogP contribution is 2.31. The minimum absolute atomic E-state index is 0.364. The van der Waals surface area contributed by atoms with Crippen molar-refractivity contribution in [2.45, 2.75) is 18.4 Å². The first-order valence-corrected chi connectivity index (χ1v) is 7.33. The van der Waals surface area contributed by atoms with Gasteiger partial charge in [-0.2, -0.15) is 0 Å². The second-order valence-electron chi connectivity index (χ2n) is 4.31. The largest absolute Gasteiger partial charge is 0.496 e. The van der Waals surface area contributed by atoms with Gasteiger partial charge in [-0.05, 0) is 17.7 Å². The number of ether oxygens (including phenoxy) is 2. The zero-order valence-electron chi connectivity index (χ0n) is 11.2. The van der Waals surface area contributed by atoms with Crippen LogP contribution >= 0.6 is 23.2 Å².